The van der Waals surface area contributed by atoms with Crippen molar-refractivity contribution in [1.82, 2.24) is 4.90 Å². The number of anilines is 1. The largest absolute Gasteiger partial charge is 0.337 e. The van der Waals surface area contributed by atoms with Crippen LogP contribution in [0.15, 0.2) is 84.6 Å². The van der Waals surface area contributed by atoms with Crippen LogP contribution >= 0.6 is 0 Å². The van der Waals surface area contributed by atoms with E-state index in [4.69, 9.17) is 0 Å². The minimum Gasteiger partial charge on any atom is -0.337 e. The highest BCUT2D eigenvalue weighted by Crippen LogP contribution is 2.34. The van der Waals surface area contributed by atoms with Crippen LogP contribution in [0.3, 0.4) is 0 Å². The number of nitrogens with zero attached hydrogens (tertiary/aromatic N) is 2. The molecule has 1 aliphatic heterocycles. The van der Waals surface area contributed by atoms with Gasteiger partial charge in [0.05, 0.1) is 5.57 Å². The van der Waals surface area contributed by atoms with Crippen molar-refractivity contribution in [3.63, 3.8) is 0 Å². The molecule has 1 aliphatic rings. The Hall–Kier alpha value is -3.80. The predicted molar refractivity (Wildman–Crippen MR) is 120 cm³/mol. The van der Waals surface area contributed by atoms with Crippen LogP contribution in [0, 0.1) is 11.6 Å². The van der Waals surface area contributed by atoms with Gasteiger partial charge in [-0.2, -0.15) is 0 Å². The zero-order valence-corrected chi connectivity index (χ0v) is 17.6. The zero-order chi connectivity index (χ0) is 22.7. The summed E-state index contributed by atoms with van der Waals surface area (Å²) in [5.41, 5.74) is 2.61. The van der Waals surface area contributed by atoms with Crippen molar-refractivity contribution < 1.29 is 18.4 Å². The van der Waals surface area contributed by atoms with Gasteiger partial charge >= 0.3 is 0 Å². The first-order valence-corrected chi connectivity index (χ1v) is 10.4. The third kappa shape index (κ3) is 4.17. The van der Waals surface area contributed by atoms with Crippen LogP contribution in [-0.2, 0) is 16.0 Å². The van der Waals surface area contributed by atoms with Crippen LogP contribution in [0.1, 0.15) is 18.1 Å². The lowest BCUT2D eigenvalue weighted by Crippen LogP contribution is -2.36. The van der Waals surface area contributed by atoms with Crippen molar-refractivity contribution in [2.24, 2.45) is 0 Å². The molecule has 3 aromatic rings. The van der Waals surface area contributed by atoms with Crippen LogP contribution < -0.4 is 4.90 Å². The molecule has 0 fully saturated rings. The molecule has 0 atom stereocenters. The second kappa shape index (κ2) is 9.14. The average molecular weight is 432 g/mol. The highest BCUT2D eigenvalue weighted by atomic mass is 19.1. The van der Waals surface area contributed by atoms with Crippen molar-refractivity contribution in [2.75, 3.05) is 18.0 Å². The Balaban J connectivity index is 1.72. The number of imide groups is 1. The van der Waals surface area contributed by atoms with Crippen LogP contribution in [-0.4, -0.2) is 29.8 Å². The minimum atomic E-state index is -0.423. The molecule has 0 aliphatic carbocycles. The molecule has 4 rings (SSSR count). The molecule has 32 heavy (non-hydrogen) atoms. The third-order valence-corrected chi connectivity index (χ3v) is 5.47. The van der Waals surface area contributed by atoms with E-state index >= 15 is 0 Å². The SMILES string of the molecule is CCN(C1=C(c2ccc(F)cc2)C(=O)N(CCc2ccc(F)cc2)C1=O)c1ccccc1. The lowest BCUT2D eigenvalue weighted by Gasteiger charge is -2.25. The highest BCUT2D eigenvalue weighted by molar-refractivity contribution is 6.36. The molecule has 0 aromatic heterocycles. The van der Waals surface area contributed by atoms with E-state index < -0.39 is 17.6 Å². The van der Waals surface area contributed by atoms with E-state index in [0.717, 1.165) is 11.3 Å². The second-order valence-electron chi connectivity index (χ2n) is 7.45. The van der Waals surface area contributed by atoms with Gasteiger partial charge in [0.2, 0.25) is 0 Å². The molecule has 4 nitrogen and oxygen atoms in total. The fourth-order valence-electron chi connectivity index (χ4n) is 3.86. The molecule has 0 saturated carbocycles. The van der Waals surface area contributed by atoms with Gasteiger partial charge in [-0.25, -0.2) is 8.78 Å². The average Bonchev–Trinajstić information content (AvgIpc) is 3.05. The van der Waals surface area contributed by atoms with Gasteiger partial charge in [-0.15, -0.1) is 0 Å². The van der Waals surface area contributed by atoms with E-state index in [9.17, 15) is 18.4 Å². The summed E-state index contributed by atoms with van der Waals surface area (Å²) in [5, 5.41) is 0. The smallest absolute Gasteiger partial charge is 0.278 e. The minimum absolute atomic E-state index is 0.157. The first-order valence-electron chi connectivity index (χ1n) is 10.4. The molecule has 162 valence electrons. The van der Waals surface area contributed by atoms with Gasteiger partial charge in [0.15, 0.2) is 0 Å². The maximum Gasteiger partial charge on any atom is 0.278 e. The monoisotopic (exact) mass is 432 g/mol. The Kier molecular flexibility index (Phi) is 6.12. The van der Waals surface area contributed by atoms with Crippen LogP contribution in [0.25, 0.3) is 5.57 Å². The summed E-state index contributed by atoms with van der Waals surface area (Å²) in [4.78, 5) is 29.9. The third-order valence-electron chi connectivity index (χ3n) is 5.47. The molecular formula is C26H22F2N2O2. The zero-order valence-electron chi connectivity index (χ0n) is 17.6. The van der Waals surface area contributed by atoms with Crippen molar-refractivity contribution in [3.05, 3.63) is 107 Å². The van der Waals surface area contributed by atoms with Crippen molar-refractivity contribution in [1.29, 1.82) is 0 Å². The normalized spacial score (nSPS) is 13.8. The molecule has 0 bridgehead atoms. The molecule has 0 N–H and O–H groups in total. The number of halogens is 2. The van der Waals surface area contributed by atoms with Gasteiger partial charge in [-0.3, -0.25) is 14.5 Å². The maximum absolute atomic E-state index is 13.5. The van der Waals surface area contributed by atoms with Crippen molar-refractivity contribution in [3.8, 4) is 0 Å². The Morgan fingerprint density at radius 1 is 0.781 bits per heavy atom. The summed E-state index contributed by atoms with van der Waals surface area (Å²) in [5.74, 6) is -1.59. The molecule has 0 radical (unpaired) electrons. The quantitative estimate of drug-likeness (QED) is 0.503. The Morgan fingerprint density at radius 2 is 1.38 bits per heavy atom. The lowest BCUT2D eigenvalue weighted by atomic mass is 10.0. The first kappa shape index (κ1) is 21.4. The topological polar surface area (TPSA) is 40.6 Å². The summed E-state index contributed by atoms with van der Waals surface area (Å²) >= 11 is 0. The Morgan fingerprint density at radius 3 is 1.97 bits per heavy atom. The number of amides is 2. The predicted octanol–water partition coefficient (Wildman–Crippen LogP) is 4.81. The molecule has 1 heterocycles. The Bertz CT molecular complexity index is 1160. The van der Waals surface area contributed by atoms with E-state index in [1.54, 1.807) is 17.0 Å². The van der Waals surface area contributed by atoms with Gasteiger partial charge in [0.25, 0.3) is 11.8 Å². The van der Waals surface area contributed by atoms with E-state index in [1.807, 2.05) is 37.3 Å². The van der Waals surface area contributed by atoms with E-state index in [2.05, 4.69) is 0 Å². The van der Waals surface area contributed by atoms with Crippen LogP contribution in [0.4, 0.5) is 14.5 Å². The van der Waals surface area contributed by atoms with E-state index in [0.29, 0.717) is 18.5 Å². The number of carbonyl (C=O) groups is 2. The second-order valence-corrected chi connectivity index (χ2v) is 7.45. The Labute approximate surface area is 185 Å². The number of benzene rings is 3. The van der Waals surface area contributed by atoms with Gasteiger partial charge < -0.3 is 4.90 Å². The number of hydrogen-bond acceptors (Lipinski definition) is 3. The summed E-state index contributed by atoms with van der Waals surface area (Å²) in [7, 11) is 0. The van der Waals surface area contributed by atoms with Gasteiger partial charge in [-0.05, 0) is 60.9 Å². The molecule has 0 spiro atoms. The van der Waals surface area contributed by atoms with Crippen LogP contribution in [0.2, 0.25) is 0 Å². The van der Waals surface area contributed by atoms with Crippen molar-refractivity contribution in [2.45, 2.75) is 13.3 Å². The maximum atomic E-state index is 13.5. The molecule has 0 unspecified atom stereocenters. The number of para-hydroxylation sites is 1. The number of carbonyl (C=O) groups excluding carboxylic acids is 2. The molecular weight excluding hydrogens is 410 g/mol. The summed E-state index contributed by atoms with van der Waals surface area (Å²) in [6.45, 7) is 2.53. The molecule has 3 aromatic carbocycles. The van der Waals surface area contributed by atoms with E-state index in [-0.39, 0.29) is 23.6 Å². The highest BCUT2D eigenvalue weighted by Gasteiger charge is 2.41. The van der Waals surface area contributed by atoms with Gasteiger partial charge in [0.1, 0.15) is 17.3 Å². The molecule has 2 amide bonds. The first-order chi connectivity index (χ1) is 15.5. The van der Waals surface area contributed by atoms with Gasteiger partial charge in [-0.1, -0.05) is 42.5 Å². The van der Waals surface area contributed by atoms with Crippen molar-refractivity contribution >= 4 is 23.1 Å². The molecule has 6 heteroatoms. The number of likely N-dealkylation sites (N-methyl/N-ethyl adjacent to an activating group) is 1. The lowest BCUT2D eigenvalue weighted by molar-refractivity contribution is -0.136. The summed E-state index contributed by atoms with van der Waals surface area (Å²) in [6, 6.07) is 20.9. The van der Waals surface area contributed by atoms with Crippen LogP contribution in [0.5, 0.6) is 0 Å². The summed E-state index contributed by atoms with van der Waals surface area (Å²) < 4.78 is 26.7. The summed E-state index contributed by atoms with van der Waals surface area (Å²) in [6.07, 6.45) is 0.402. The fourth-order valence-corrected chi connectivity index (χ4v) is 3.86. The number of hydrogen-bond donors (Lipinski definition) is 0. The molecule has 0 saturated heterocycles. The van der Waals surface area contributed by atoms with E-state index in [1.165, 1.54) is 41.3 Å². The fraction of sp³-hybridized carbons (Fsp3) is 0.154. The standard InChI is InChI=1S/C26H22F2N2O2/c1-2-29(22-6-4-3-5-7-22)24-23(19-10-14-21(28)15-11-19)25(31)30(26(24)32)17-16-18-8-12-20(27)13-9-18/h3-15H,2,16-17H2,1H3. The van der Waals surface area contributed by atoms with Gasteiger partial charge in [0, 0.05) is 18.8 Å². The number of rotatable bonds is 7.